The van der Waals surface area contributed by atoms with Gasteiger partial charge in [-0.3, -0.25) is 14.3 Å². The van der Waals surface area contributed by atoms with Gasteiger partial charge >= 0.3 is 0 Å². The second-order valence-corrected chi connectivity index (χ2v) is 8.82. The molecule has 1 unspecified atom stereocenters. The van der Waals surface area contributed by atoms with E-state index in [1.54, 1.807) is 23.0 Å². The summed E-state index contributed by atoms with van der Waals surface area (Å²) in [4.78, 5) is 26.5. The van der Waals surface area contributed by atoms with Crippen LogP contribution in [0.4, 0.5) is 5.95 Å². The zero-order valence-electron chi connectivity index (χ0n) is 19.4. The SMILES string of the molecule is CCN(CCC1(Cc2ccccc2)CCCN1C)c1nc(-c2ccncc2)cc(=O)n1C. The summed E-state index contributed by atoms with van der Waals surface area (Å²) in [6.45, 7) is 4.92. The van der Waals surface area contributed by atoms with Crippen molar-refractivity contribution in [2.75, 3.05) is 31.6 Å². The largest absolute Gasteiger partial charge is 0.342 e. The Morgan fingerprint density at radius 3 is 2.50 bits per heavy atom. The molecule has 0 N–H and O–H groups in total. The van der Waals surface area contributed by atoms with Crippen molar-refractivity contribution in [1.82, 2.24) is 19.4 Å². The van der Waals surface area contributed by atoms with Crippen LogP contribution in [0.3, 0.4) is 0 Å². The fourth-order valence-electron chi connectivity index (χ4n) is 4.90. The van der Waals surface area contributed by atoms with E-state index in [0.717, 1.165) is 44.0 Å². The Labute approximate surface area is 190 Å². The van der Waals surface area contributed by atoms with Gasteiger partial charge < -0.3 is 9.80 Å². The molecule has 1 atom stereocenters. The number of nitrogens with zero attached hydrogens (tertiary/aromatic N) is 5. The van der Waals surface area contributed by atoms with E-state index >= 15 is 0 Å². The molecular weight excluding hydrogens is 398 g/mol. The van der Waals surface area contributed by atoms with Crippen molar-refractivity contribution >= 4 is 5.95 Å². The molecule has 6 heteroatoms. The number of rotatable bonds is 8. The van der Waals surface area contributed by atoms with Gasteiger partial charge in [-0.15, -0.1) is 0 Å². The molecule has 0 spiro atoms. The Kier molecular flexibility index (Phi) is 6.70. The molecule has 0 saturated carbocycles. The molecule has 1 aliphatic rings. The van der Waals surface area contributed by atoms with Crippen LogP contribution < -0.4 is 10.5 Å². The number of aromatic nitrogens is 3. The predicted molar refractivity (Wildman–Crippen MR) is 130 cm³/mol. The first kappa shape index (κ1) is 22.2. The van der Waals surface area contributed by atoms with Gasteiger partial charge in [-0.05, 0) is 63.9 Å². The Morgan fingerprint density at radius 1 is 1.09 bits per heavy atom. The second-order valence-electron chi connectivity index (χ2n) is 8.82. The standard InChI is InChI=1S/C26H33N5O/c1-4-31(25-28-23(19-24(32)30(25)3)22-11-15-27-16-12-22)18-14-26(13-8-17-29(26)2)20-21-9-6-5-7-10-21/h5-7,9-12,15-16,19H,4,8,13-14,17-18,20H2,1-3H3. The fraction of sp³-hybridized carbons (Fsp3) is 0.423. The summed E-state index contributed by atoms with van der Waals surface area (Å²) in [7, 11) is 4.06. The summed E-state index contributed by atoms with van der Waals surface area (Å²) in [5.41, 5.74) is 3.08. The van der Waals surface area contributed by atoms with E-state index in [4.69, 9.17) is 4.98 Å². The van der Waals surface area contributed by atoms with Crippen LogP contribution in [0.25, 0.3) is 11.3 Å². The molecule has 32 heavy (non-hydrogen) atoms. The third-order valence-electron chi connectivity index (χ3n) is 6.92. The summed E-state index contributed by atoms with van der Waals surface area (Å²) in [6.07, 6.45) is 7.96. The average molecular weight is 432 g/mol. The number of hydrogen-bond acceptors (Lipinski definition) is 5. The van der Waals surface area contributed by atoms with Crippen LogP contribution in [0.5, 0.6) is 0 Å². The highest BCUT2D eigenvalue weighted by molar-refractivity contribution is 5.59. The number of benzene rings is 1. The fourth-order valence-corrected chi connectivity index (χ4v) is 4.90. The first-order valence-corrected chi connectivity index (χ1v) is 11.5. The highest BCUT2D eigenvalue weighted by Gasteiger charge is 2.38. The smallest absolute Gasteiger partial charge is 0.255 e. The summed E-state index contributed by atoms with van der Waals surface area (Å²) >= 11 is 0. The van der Waals surface area contributed by atoms with Crippen LogP contribution in [0.1, 0.15) is 31.7 Å². The van der Waals surface area contributed by atoms with Gasteiger partial charge in [0.15, 0.2) is 0 Å². The number of pyridine rings is 1. The van der Waals surface area contributed by atoms with Crippen LogP contribution in [-0.4, -0.2) is 51.7 Å². The summed E-state index contributed by atoms with van der Waals surface area (Å²) < 4.78 is 1.66. The van der Waals surface area contributed by atoms with Crippen molar-refractivity contribution < 1.29 is 0 Å². The summed E-state index contributed by atoms with van der Waals surface area (Å²) in [5.74, 6) is 0.724. The quantitative estimate of drug-likeness (QED) is 0.544. The highest BCUT2D eigenvalue weighted by atomic mass is 16.1. The molecular formula is C26H33N5O. The predicted octanol–water partition coefficient (Wildman–Crippen LogP) is 3.77. The van der Waals surface area contributed by atoms with Gasteiger partial charge in [-0.2, -0.15) is 0 Å². The van der Waals surface area contributed by atoms with E-state index in [0.29, 0.717) is 5.69 Å². The Bertz CT molecular complexity index is 1080. The van der Waals surface area contributed by atoms with E-state index in [9.17, 15) is 4.79 Å². The monoisotopic (exact) mass is 431 g/mol. The van der Waals surface area contributed by atoms with E-state index in [1.165, 1.54) is 18.4 Å². The number of likely N-dealkylation sites (tertiary alicyclic amines) is 1. The van der Waals surface area contributed by atoms with E-state index in [2.05, 4.69) is 59.1 Å². The van der Waals surface area contributed by atoms with Crippen molar-refractivity contribution in [1.29, 1.82) is 0 Å². The zero-order valence-corrected chi connectivity index (χ0v) is 19.4. The van der Waals surface area contributed by atoms with Crippen molar-refractivity contribution in [3.05, 3.63) is 76.8 Å². The lowest BCUT2D eigenvalue weighted by atomic mass is 9.85. The van der Waals surface area contributed by atoms with Crippen molar-refractivity contribution in [3.8, 4) is 11.3 Å². The average Bonchev–Trinajstić information content (AvgIpc) is 3.17. The summed E-state index contributed by atoms with van der Waals surface area (Å²) in [5, 5.41) is 0. The maximum atomic E-state index is 12.7. The number of likely N-dealkylation sites (N-methyl/N-ethyl adjacent to an activating group) is 1. The second kappa shape index (κ2) is 9.65. The van der Waals surface area contributed by atoms with Crippen LogP contribution in [-0.2, 0) is 13.5 Å². The minimum Gasteiger partial charge on any atom is -0.342 e. The maximum absolute atomic E-state index is 12.7. The third-order valence-corrected chi connectivity index (χ3v) is 6.92. The van der Waals surface area contributed by atoms with Gasteiger partial charge in [0.1, 0.15) is 0 Å². The van der Waals surface area contributed by atoms with Crippen LogP contribution in [0.2, 0.25) is 0 Å². The molecule has 1 saturated heterocycles. The Morgan fingerprint density at radius 2 is 1.84 bits per heavy atom. The van der Waals surface area contributed by atoms with E-state index < -0.39 is 0 Å². The molecule has 3 aromatic rings. The molecule has 1 fully saturated rings. The van der Waals surface area contributed by atoms with Gasteiger partial charge in [-0.25, -0.2) is 4.98 Å². The summed E-state index contributed by atoms with van der Waals surface area (Å²) in [6, 6.07) is 16.2. The van der Waals surface area contributed by atoms with Crippen molar-refractivity contribution in [3.63, 3.8) is 0 Å². The molecule has 168 valence electrons. The lowest BCUT2D eigenvalue weighted by Crippen LogP contribution is -2.46. The highest BCUT2D eigenvalue weighted by Crippen LogP contribution is 2.35. The lowest BCUT2D eigenvalue weighted by molar-refractivity contribution is 0.161. The molecule has 3 heterocycles. The first-order valence-electron chi connectivity index (χ1n) is 11.5. The normalized spacial score (nSPS) is 18.7. The molecule has 0 amide bonds. The Hall–Kier alpha value is -2.99. The molecule has 0 bridgehead atoms. The molecule has 4 rings (SSSR count). The van der Waals surface area contributed by atoms with Crippen LogP contribution in [0, 0.1) is 0 Å². The van der Waals surface area contributed by atoms with Crippen molar-refractivity contribution in [2.45, 2.75) is 38.1 Å². The molecule has 0 radical (unpaired) electrons. The van der Waals surface area contributed by atoms with Gasteiger partial charge in [0, 0.05) is 49.7 Å². The third kappa shape index (κ3) is 4.60. The van der Waals surface area contributed by atoms with E-state index in [1.807, 2.05) is 19.2 Å². The molecule has 1 aromatic carbocycles. The maximum Gasteiger partial charge on any atom is 0.255 e. The number of anilines is 1. The van der Waals surface area contributed by atoms with Gasteiger partial charge in [0.25, 0.3) is 5.56 Å². The van der Waals surface area contributed by atoms with E-state index in [-0.39, 0.29) is 11.1 Å². The van der Waals surface area contributed by atoms with Gasteiger partial charge in [0.05, 0.1) is 5.69 Å². The number of hydrogen-bond donors (Lipinski definition) is 0. The zero-order chi connectivity index (χ0) is 22.6. The van der Waals surface area contributed by atoms with Crippen LogP contribution >= 0.6 is 0 Å². The van der Waals surface area contributed by atoms with Gasteiger partial charge in [-0.1, -0.05) is 30.3 Å². The first-order chi connectivity index (χ1) is 15.5. The molecule has 6 nitrogen and oxygen atoms in total. The molecule has 1 aliphatic heterocycles. The van der Waals surface area contributed by atoms with Gasteiger partial charge in [0.2, 0.25) is 5.95 Å². The minimum atomic E-state index is -0.0442. The van der Waals surface area contributed by atoms with Crippen LogP contribution in [0.15, 0.2) is 65.7 Å². The topological polar surface area (TPSA) is 54.3 Å². The molecule has 0 aliphatic carbocycles. The molecule has 2 aromatic heterocycles. The lowest BCUT2D eigenvalue weighted by Gasteiger charge is -2.38. The van der Waals surface area contributed by atoms with Crippen molar-refractivity contribution in [2.24, 2.45) is 7.05 Å². The Balaban J connectivity index is 1.60. The minimum absolute atomic E-state index is 0.0442.